The standard InChI is InChI=1S/C18H25GeN/c1-14(2)11-16-13-20-18(12-17(16)19(3,4)5)15-9-7-6-8-10-15/h6-10,12-14H,11H2,1-5H3. The van der Waals surface area contributed by atoms with E-state index in [1.54, 1.807) is 4.40 Å². The third-order valence-electron chi connectivity index (χ3n) is 3.49. The summed E-state index contributed by atoms with van der Waals surface area (Å²) in [7, 11) is 0. The van der Waals surface area contributed by atoms with Crippen molar-refractivity contribution in [2.75, 3.05) is 0 Å². The van der Waals surface area contributed by atoms with E-state index in [9.17, 15) is 0 Å². The minimum absolute atomic E-state index is 0.683. The van der Waals surface area contributed by atoms with Gasteiger partial charge in [-0.3, -0.25) is 0 Å². The molecule has 20 heavy (non-hydrogen) atoms. The van der Waals surface area contributed by atoms with Crippen LogP contribution in [-0.2, 0) is 6.42 Å². The average Bonchev–Trinajstić information content (AvgIpc) is 2.38. The molecule has 1 nitrogen and oxygen atoms in total. The van der Waals surface area contributed by atoms with E-state index in [-0.39, 0.29) is 0 Å². The van der Waals surface area contributed by atoms with Gasteiger partial charge in [0, 0.05) is 0 Å². The second-order valence-corrected chi connectivity index (χ2v) is 17.5. The number of rotatable bonds is 4. The van der Waals surface area contributed by atoms with E-state index in [0.29, 0.717) is 5.92 Å². The molecular weight excluding hydrogens is 303 g/mol. The van der Waals surface area contributed by atoms with Gasteiger partial charge in [-0.15, -0.1) is 0 Å². The van der Waals surface area contributed by atoms with Gasteiger partial charge in [0.1, 0.15) is 0 Å². The predicted molar refractivity (Wildman–Crippen MR) is 91.2 cm³/mol. The van der Waals surface area contributed by atoms with Crippen molar-refractivity contribution in [3.8, 4) is 11.3 Å². The number of aromatic nitrogens is 1. The molecule has 0 atom stereocenters. The SMILES string of the molecule is CC(C)Cc1cnc(-c2ccccc2)c[c]1[Ge]([CH3])([CH3])[CH3]. The molecule has 2 aromatic rings. The molecule has 0 saturated heterocycles. The van der Waals surface area contributed by atoms with Crippen LogP contribution < -0.4 is 4.40 Å². The first kappa shape index (κ1) is 15.3. The summed E-state index contributed by atoms with van der Waals surface area (Å²) in [6.45, 7) is 4.56. The van der Waals surface area contributed by atoms with Crippen molar-refractivity contribution in [1.82, 2.24) is 4.98 Å². The fourth-order valence-corrected chi connectivity index (χ4v) is 6.12. The maximum atomic E-state index is 4.71. The van der Waals surface area contributed by atoms with Gasteiger partial charge in [-0.1, -0.05) is 0 Å². The Morgan fingerprint density at radius 2 is 1.70 bits per heavy atom. The molecule has 0 saturated carbocycles. The van der Waals surface area contributed by atoms with Crippen molar-refractivity contribution >= 4 is 17.7 Å². The van der Waals surface area contributed by atoms with Gasteiger partial charge in [-0.05, 0) is 0 Å². The molecule has 0 N–H and O–H groups in total. The van der Waals surface area contributed by atoms with Crippen LogP contribution in [0.5, 0.6) is 0 Å². The first-order valence-corrected chi connectivity index (χ1v) is 14.8. The zero-order valence-corrected chi connectivity index (χ0v) is 15.4. The first-order valence-electron chi connectivity index (χ1n) is 7.43. The Hall–Kier alpha value is -1.09. The average molecular weight is 328 g/mol. The molecule has 0 aliphatic rings. The summed E-state index contributed by atoms with van der Waals surface area (Å²) >= 11 is -1.87. The fourth-order valence-electron chi connectivity index (χ4n) is 2.55. The molecule has 1 aromatic heterocycles. The number of hydrogen-bond donors (Lipinski definition) is 0. The van der Waals surface area contributed by atoms with Crippen LogP contribution >= 0.6 is 0 Å². The third kappa shape index (κ3) is 3.72. The van der Waals surface area contributed by atoms with Crippen LogP contribution in [-0.4, -0.2) is 18.3 Å². The van der Waals surface area contributed by atoms with E-state index < -0.39 is 13.3 Å². The van der Waals surface area contributed by atoms with Gasteiger partial charge in [0.15, 0.2) is 0 Å². The second kappa shape index (κ2) is 6.13. The Balaban J connectivity index is 2.49. The number of pyridine rings is 1. The summed E-state index contributed by atoms with van der Waals surface area (Å²) in [5.41, 5.74) is 3.80. The number of nitrogens with zero attached hydrogens (tertiary/aromatic N) is 1. The van der Waals surface area contributed by atoms with E-state index >= 15 is 0 Å². The van der Waals surface area contributed by atoms with Crippen molar-refractivity contribution in [3.63, 3.8) is 0 Å². The van der Waals surface area contributed by atoms with Gasteiger partial charge in [0.2, 0.25) is 0 Å². The summed E-state index contributed by atoms with van der Waals surface area (Å²) in [5, 5.41) is 0. The van der Waals surface area contributed by atoms with E-state index in [1.807, 2.05) is 0 Å². The van der Waals surface area contributed by atoms with Crippen LogP contribution in [0.2, 0.25) is 17.3 Å². The third-order valence-corrected chi connectivity index (χ3v) is 7.86. The molecule has 0 fully saturated rings. The molecule has 0 aliphatic carbocycles. The summed E-state index contributed by atoms with van der Waals surface area (Å²) in [5.74, 6) is 8.08. The quantitative estimate of drug-likeness (QED) is 0.754. The maximum absolute atomic E-state index is 4.71. The zero-order valence-electron chi connectivity index (χ0n) is 13.3. The van der Waals surface area contributed by atoms with Crippen molar-refractivity contribution < 1.29 is 0 Å². The summed E-state index contributed by atoms with van der Waals surface area (Å²) in [4.78, 5) is 4.71. The summed E-state index contributed by atoms with van der Waals surface area (Å²) < 4.78 is 1.60. The van der Waals surface area contributed by atoms with Gasteiger partial charge < -0.3 is 0 Å². The van der Waals surface area contributed by atoms with Crippen LogP contribution in [0.25, 0.3) is 11.3 Å². The van der Waals surface area contributed by atoms with Crippen molar-refractivity contribution in [2.24, 2.45) is 5.92 Å². The molecule has 2 heteroatoms. The molecule has 1 heterocycles. The predicted octanol–water partition coefficient (Wildman–Crippen LogP) is 4.49. The normalized spacial score (nSPS) is 11.9. The summed E-state index contributed by atoms with van der Waals surface area (Å²) in [6, 6.07) is 12.9. The first-order chi connectivity index (χ1) is 9.38. The van der Waals surface area contributed by atoms with Crippen molar-refractivity contribution in [2.45, 2.75) is 37.5 Å². The molecule has 0 bridgehead atoms. The van der Waals surface area contributed by atoms with Crippen LogP contribution in [0.1, 0.15) is 19.4 Å². The van der Waals surface area contributed by atoms with Crippen LogP contribution in [0.4, 0.5) is 0 Å². The van der Waals surface area contributed by atoms with Crippen LogP contribution in [0.3, 0.4) is 0 Å². The Morgan fingerprint density at radius 3 is 2.25 bits per heavy atom. The Labute approximate surface area is 125 Å². The monoisotopic (exact) mass is 329 g/mol. The molecule has 1 aromatic carbocycles. The van der Waals surface area contributed by atoms with Gasteiger partial charge in [-0.25, -0.2) is 0 Å². The van der Waals surface area contributed by atoms with Crippen molar-refractivity contribution in [3.05, 3.63) is 48.2 Å². The van der Waals surface area contributed by atoms with Gasteiger partial charge in [0.25, 0.3) is 0 Å². The Kier molecular flexibility index (Phi) is 4.69. The Bertz CT molecular complexity index is 568. The Morgan fingerprint density at radius 1 is 1.05 bits per heavy atom. The zero-order chi connectivity index (χ0) is 14.8. The molecule has 0 aliphatic heterocycles. The van der Waals surface area contributed by atoms with Crippen LogP contribution in [0.15, 0.2) is 42.6 Å². The molecule has 0 spiro atoms. The number of benzene rings is 1. The molecule has 0 radical (unpaired) electrons. The minimum atomic E-state index is -1.87. The van der Waals surface area contributed by atoms with Crippen molar-refractivity contribution in [1.29, 1.82) is 0 Å². The molecule has 0 unspecified atom stereocenters. The second-order valence-electron chi connectivity index (χ2n) is 6.94. The van der Waals surface area contributed by atoms with Gasteiger partial charge in [0.05, 0.1) is 0 Å². The number of hydrogen-bond acceptors (Lipinski definition) is 1. The molecule has 0 amide bonds. The van der Waals surface area contributed by atoms with Gasteiger partial charge >= 0.3 is 126 Å². The van der Waals surface area contributed by atoms with Crippen LogP contribution in [0, 0.1) is 5.92 Å². The van der Waals surface area contributed by atoms with Gasteiger partial charge in [-0.2, -0.15) is 0 Å². The van der Waals surface area contributed by atoms with E-state index in [1.165, 1.54) is 11.1 Å². The van der Waals surface area contributed by atoms with E-state index in [0.717, 1.165) is 12.1 Å². The summed E-state index contributed by atoms with van der Waals surface area (Å²) in [6.07, 6.45) is 3.26. The van der Waals surface area contributed by atoms with E-state index in [2.05, 4.69) is 73.7 Å². The van der Waals surface area contributed by atoms with E-state index in [4.69, 9.17) is 4.98 Å². The fraction of sp³-hybridized carbons (Fsp3) is 0.389. The molecular formula is C18H25GeN. The molecule has 106 valence electrons. The topological polar surface area (TPSA) is 12.9 Å². The molecule has 2 rings (SSSR count).